The molecule has 0 amide bonds. The molecule has 0 aliphatic rings. The second-order valence-corrected chi connectivity index (χ2v) is 3.15. The van der Waals surface area contributed by atoms with Crippen LogP contribution < -0.4 is 5.56 Å². The zero-order chi connectivity index (χ0) is 8.97. The lowest BCUT2D eigenvalue weighted by Gasteiger charge is -1.99. The van der Waals surface area contributed by atoms with Crippen LogP contribution in [0.4, 0.5) is 0 Å². The molecule has 0 fully saturated rings. The minimum absolute atomic E-state index is 0.0338. The second-order valence-electron chi connectivity index (χ2n) is 3.15. The Kier molecular flexibility index (Phi) is 3.14. The number of aromatic nitrogens is 2. The number of aromatic amines is 1. The molecule has 3 nitrogen and oxygen atoms in total. The molecule has 3 heteroatoms. The molecule has 0 saturated carbocycles. The number of hydrogen-bond acceptors (Lipinski definition) is 1. The van der Waals surface area contributed by atoms with Crippen molar-refractivity contribution in [3.8, 4) is 0 Å². The number of nitrogens with one attached hydrogen (secondary N) is 1. The van der Waals surface area contributed by atoms with Crippen molar-refractivity contribution in [3.63, 3.8) is 0 Å². The van der Waals surface area contributed by atoms with Gasteiger partial charge in [-0.15, -0.1) is 0 Å². The van der Waals surface area contributed by atoms with E-state index in [1.807, 2.05) is 17.8 Å². The Balaban J connectivity index is 2.47. The molecule has 12 heavy (non-hydrogen) atoms. The molecule has 0 aromatic carbocycles. The van der Waals surface area contributed by atoms with E-state index in [4.69, 9.17) is 0 Å². The fourth-order valence-corrected chi connectivity index (χ4v) is 1.20. The first-order valence-electron chi connectivity index (χ1n) is 4.50. The van der Waals surface area contributed by atoms with Crippen molar-refractivity contribution in [1.29, 1.82) is 0 Å². The van der Waals surface area contributed by atoms with E-state index >= 15 is 0 Å². The lowest BCUT2D eigenvalue weighted by Crippen LogP contribution is -2.06. The van der Waals surface area contributed by atoms with Crippen molar-refractivity contribution in [3.05, 3.63) is 22.1 Å². The van der Waals surface area contributed by atoms with E-state index < -0.39 is 0 Å². The summed E-state index contributed by atoms with van der Waals surface area (Å²) in [6, 6.07) is 0. The average Bonchev–Trinajstić information content (AvgIpc) is 2.32. The highest BCUT2D eigenvalue weighted by Crippen LogP contribution is 1.97. The monoisotopic (exact) mass is 168 g/mol. The van der Waals surface area contributed by atoms with Gasteiger partial charge in [-0.3, -0.25) is 14.6 Å². The van der Waals surface area contributed by atoms with Crippen LogP contribution >= 0.6 is 0 Å². The number of H-pyrrole nitrogens is 1. The van der Waals surface area contributed by atoms with E-state index in [0.717, 1.165) is 18.5 Å². The van der Waals surface area contributed by atoms with Crippen molar-refractivity contribution in [1.82, 2.24) is 9.78 Å². The SMILES string of the molecule is CCCCCn1cc(C)c(=O)[nH]1. The molecule has 0 radical (unpaired) electrons. The highest BCUT2D eigenvalue weighted by molar-refractivity contribution is 5.00. The van der Waals surface area contributed by atoms with Crippen LogP contribution in [0.3, 0.4) is 0 Å². The van der Waals surface area contributed by atoms with Crippen molar-refractivity contribution in [2.75, 3.05) is 0 Å². The highest BCUT2D eigenvalue weighted by atomic mass is 16.1. The molecule has 0 saturated heterocycles. The van der Waals surface area contributed by atoms with Crippen molar-refractivity contribution < 1.29 is 0 Å². The molecule has 0 bridgehead atoms. The predicted molar refractivity (Wildman–Crippen MR) is 49.3 cm³/mol. The Morgan fingerprint density at radius 1 is 1.50 bits per heavy atom. The third kappa shape index (κ3) is 2.26. The Morgan fingerprint density at radius 2 is 2.25 bits per heavy atom. The molecule has 0 atom stereocenters. The number of hydrogen-bond donors (Lipinski definition) is 1. The summed E-state index contributed by atoms with van der Waals surface area (Å²) >= 11 is 0. The molecule has 1 aromatic heterocycles. The van der Waals surface area contributed by atoms with Gasteiger partial charge in [0, 0.05) is 18.3 Å². The molecule has 68 valence electrons. The summed E-state index contributed by atoms with van der Waals surface area (Å²) in [5, 5.41) is 2.76. The predicted octanol–water partition coefficient (Wildman–Crippen LogP) is 1.68. The first-order valence-corrected chi connectivity index (χ1v) is 4.50. The summed E-state index contributed by atoms with van der Waals surface area (Å²) in [6.07, 6.45) is 5.45. The van der Waals surface area contributed by atoms with Crippen LogP contribution in [0.5, 0.6) is 0 Å². The number of nitrogens with zero attached hydrogens (tertiary/aromatic N) is 1. The molecule has 1 N–H and O–H groups in total. The molecule has 1 aromatic rings. The van der Waals surface area contributed by atoms with Gasteiger partial charge in [0.1, 0.15) is 0 Å². The van der Waals surface area contributed by atoms with Gasteiger partial charge in [0.2, 0.25) is 0 Å². The maximum Gasteiger partial charge on any atom is 0.266 e. The fraction of sp³-hybridized carbons (Fsp3) is 0.667. The quantitative estimate of drug-likeness (QED) is 0.682. The summed E-state index contributed by atoms with van der Waals surface area (Å²) in [6.45, 7) is 4.93. The topological polar surface area (TPSA) is 37.8 Å². The molecular weight excluding hydrogens is 152 g/mol. The molecular formula is C9H16N2O. The number of unbranched alkanes of at least 4 members (excludes halogenated alkanes) is 2. The lowest BCUT2D eigenvalue weighted by atomic mass is 10.2. The summed E-state index contributed by atoms with van der Waals surface area (Å²) in [5.74, 6) is 0. The molecule has 0 unspecified atom stereocenters. The Hall–Kier alpha value is -0.990. The average molecular weight is 168 g/mol. The van der Waals surface area contributed by atoms with Crippen LogP contribution in [0.15, 0.2) is 11.0 Å². The molecule has 0 aliphatic heterocycles. The largest absolute Gasteiger partial charge is 0.292 e. The van der Waals surface area contributed by atoms with E-state index in [9.17, 15) is 4.79 Å². The van der Waals surface area contributed by atoms with Gasteiger partial charge in [-0.25, -0.2) is 0 Å². The van der Waals surface area contributed by atoms with E-state index in [-0.39, 0.29) is 5.56 Å². The maximum atomic E-state index is 11.0. The van der Waals surface area contributed by atoms with E-state index in [0.29, 0.717) is 0 Å². The van der Waals surface area contributed by atoms with Gasteiger partial charge >= 0.3 is 0 Å². The zero-order valence-corrected chi connectivity index (χ0v) is 7.76. The molecule has 0 aliphatic carbocycles. The Morgan fingerprint density at radius 3 is 2.75 bits per heavy atom. The number of aryl methyl sites for hydroxylation is 2. The van der Waals surface area contributed by atoms with Crippen molar-refractivity contribution in [2.45, 2.75) is 39.7 Å². The van der Waals surface area contributed by atoms with Gasteiger partial charge in [0.25, 0.3) is 5.56 Å². The van der Waals surface area contributed by atoms with Crippen LogP contribution in [0.2, 0.25) is 0 Å². The van der Waals surface area contributed by atoms with Crippen LogP contribution in [0.25, 0.3) is 0 Å². The highest BCUT2D eigenvalue weighted by Gasteiger charge is 1.96. The maximum absolute atomic E-state index is 11.0. The van der Waals surface area contributed by atoms with Gasteiger partial charge in [0.05, 0.1) is 0 Å². The third-order valence-electron chi connectivity index (χ3n) is 1.96. The zero-order valence-electron chi connectivity index (χ0n) is 7.76. The number of rotatable bonds is 4. The van der Waals surface area contributed by atoms with Gasteiger partial charge in [-0.2, -0.15) is 0 Å². The molecule has 1 rings (SSSR count). The van der Waals surface area contributed by atoms with E-state index in [2.05, 4.69) is 12.0 Å². The van der Waals surface area contributed by atoms with Gasteiger partial charge in [-0.05, 0) is 13.3 Å². The Labute approximate surface area is 72.4 Å². The van der Waals surface area contributed by atoms with Gasteiger partial charge in [0.15, 0.2) is 0 Å². The van der Waals surface area contributed by atoms with Crippen molar-refractivity contribution in [2.24, 2.45) is 0 Å². The van der Waals surface area contributed by atoms with E-state index in [1.54, 1.807) is 0 Å². The fourth-order valence-electron chi connectivity index (χ4n) is 1.20. The van der Waals surface area contributed by atoms with Crippen LogP contribution in [-0.2, 0) is 6.54 Å². The van der Waals surface area contributed by atoms with Gasteiger partial charge < -0.3 is 0 Å². The standard InChI is InChI=1S/C9H16N2O/c1-3-4-5-6-11-7-8(2)9(12)10-11/h7H,3-6H2,1-2H3,(H,10,12). The molecule has 0 spiro atoms. The third-order valence-corrected chi connectivity index (χ3v) is 1.96. The summed E-state index contributed by atoms with van der Waals surface area (Å²) in [4.78, 5) is 11.0. The summed E-state index contributed by atoms with van der Waals surface area (Å²) in [5.41, 5.74) is 0.831. The van der Waals surface area contributed by atoms with Gasteiger partial charge in [-0.1, -0.05) is 19.8 Å². The Bertz CT molecular complexity index is 285. The minimum atomic E-state index is 0.0338. The van der Waals surface area contributed by atoms with Crippen LogP contribution in [0, 0.1) is 6.92 Å². The second kappa shape index (κ2) is 4.14. The van der Waals surface area contributed by atoms with Crippen molar-refractivity contribution >= 4 is 0 Å². The summed E-state index contributed by atoms with van der Waals surface area (Å²) in [7, 11) is 0. The van der Waals surface area contributed by atoms with E-state index in [1.165, 1.54) is 12.8 Å². The first kappa shape index (κ1) is 9.10. The van der Waals surface area contributed by atoms with Crippen LogP contribution in [0.1, 0.15) is 31.7 Å². The smallest absolute Gasteiger partial charge is 0.266 e. The van der Waals surface area contributed by atoms with Crippen LogP contribution in [-0.4, -0.2) is 9.78 Å². The normalized spacial score (nSPS) is 10.5. The lowest BCUT2D eigenvalue weighted by molar-refractivity contribution is 0.550. The molecule has 1 heterocycles. The summed E-state index contributed by atoms with van der Waals surface area (Å²) < 4.78 is 1.87. The minimum Gasteiger partial charge on any atom is -0.292 e. The first-order chi connectivity index (χ1) is 5.74.